The molecule has 0 unspecified atom stereocenters. The first kappa shape index (κ1) is 14.5. The highest BCUT2D eigenvalue weighted by atomic mass is 16.4. The lowest BCUT2D eigenvalue weighted by molar-refractivity contribution is 0.0993. The molecule has 0 atom stereocenters. The van der Waals surface area contributed by atoms with Gasteiger partial charge >= 0.3 is 6.09 Å². The van der Waals surface area contributed by atoms with Crippen molar-refractivity contribution >= 4 is 17.7 Å². The Balaban J connectivity index is 2.08. The number of pyridine rings is 1. The molecule has 0 saturated heterocycles. The van der Waals surface area contributed by atoms with Crippen molar-refractivity contribution in [3.63, 3.8) is 0 Å². The molecule has 6 heteroatoms. The molecule has 1 heterocycles. The van der Waals surface area contributed by atoms with Crippen molar-refractivity contribution in [3.8, 4) is 0 Å². The molecule has 0 aliphatic heterocycles. The third kappa shape index (κ3) is 3.79. The Hall–Kier alpha value is -2.89. The number of aromatic nitrogens is 1. The van der Waals surface area contributed by atoms with E-state index in [9.17, 15) is 9.59 Å². The fourth-order valence-corrected chi connectivity index (χ4v) is 1.82. The Kier molecular flexibility index (Phi) is 4.50. The average molecular weight is 285 g/mol. The summed E-state index contributed by atoms with van der Waals surface area (Å²) in [5.41, 5.74) is 2.08. The maximum Gasteiger partial charge on any atom is 0.404 e. The highest BCUT2D eigenvalue weighted by Gasteiger charge is 2.13. The minimum Gasteiger partial charge on any atom is -0.465 e. The van der Waals surface area contributed by atoms with E-state index >= 15 is 0 Å². The normalized spacial score (nSPS) is 9.95. The summed E-state index contributed by atoms with van der Waals surface area (Å²) in [6.45, 7) is 0.212. The summed E-state index contributed by atoms with van der Waals surface area (Å²) in [5.74, 6) is -0.140. The molecule has 2 rings (SSSR count). The zero-order valence-electron chi connectivity index (χ0n) is 11.5. The number of hydrogen-bond donors (Lipinski definition) is 2. The molecule has 21 heavy (non-hydrogen) atoms. The lowest BCUT2D eigenvalue weighted by Crippen LogP contribution is -2.26. The van der Waals surface area contributed by atoms with Crippen LogP contribution in [0, 0.1) is 0 Å². The second kappa shape index (κ2) is 6.51. The van der Waals surface area contributed by atoms with Gasteiger partial charge in [-0.3, -0.25) is 9.78 Å². The monoisotopic (exact) mass is 285 g/mol. The molecular weight excluding hydrogens is 270 g/mol. The molecule has 0 saturated carbocycles. The third-order valence-corrected chi connectivity index (χ3v) is 3.00. The zero-order chi connectivity index (χ0) is 15.2. The first-order chi connectivity index (χ1) is 10.1. The molecule has 0 spiro atoms. The third-order valence-electron chi connectivity index (χ3n) is 3.00. The van der Waals surface area contributed by atoms with Crippen LogP contribution in [-0.2, 0) is 6.54 Å². The maximum atomic E-state index is 12.3. The Morgan fingerprint density at radius 3 is 2.33 bits per heavy atom. The van der Waals surface area contributed by atoms with E-state index in [4.69, 9.17) is 5.11 Å². The number of amides is 2. The number of nitrogens with zero attached hydrogens (tertiary/aromatic N) is 2. The predicted octanol–water partition coefficient (Wildman–Crippen LogP) is 2.13. The zero-order valence-corrected chi connectivity index (χ0v) is 11.5. The van der Waals surface area contributed by atoms with Gasteiger partial charge in [0.1, 0.15) is 0 Å². The lowest BCUT2D eigenvalue weighted by Gasteiger charge is -2.17. The SMILES string of the molecule is CN(C(=O)c1ccc(CNC(=O)O)cc1)c1ccncc1. The molecule has 108 valence electrons. The summed E-state index contributed by atoms with van der Waals surface area (Å²) in [7, 11) is 1.69. The predicted molar refractivity (Wildman–Crippen MR) is 78.3 cm³/mol. The molecule has 1 aromatic heterocycles. The number of nitrogens with one attached hydrogen (secondary N) is 1. The van der Waals surface area contributed by atoms with Gasteiger partial charge in [0.15, 0.2) is 0 Å². The highest BCUT2D eigenvalue weighted by Crippen LogP contribution is 2.14. The summed E-state index contributed by atoms with van der Waals surface area (Å²) in [6.07, 6.45) is 2.17. The van der Waals surface area contributed by atoms with Crippen LogP contribution in [0.5, 0.6) is 0 Å². The minimum atomic E-state index is -1.08. The number of carbonyl (C=O) groups is 2. The van der Waals surface area contributed by atoms with Crippen molar-refractivity contribution in [3.05, 3.63) is 59.9 Å². The molecule has 2 amide bonds. The van der Waals surface area contributed by atoms with Crippen LogP contribution in [0.25, 0.3) is 0 Å². The Morgan fingerprint density at radius 1 is 1.14 bits per heavy atom. The summed E-state index contributed by atoms with van der Waals surface area (Å²) in [5, 5.41) is 10.8. The van der Waals surface area contributed by atoms with Crippen molar-refractivity contribution in [1.82, 2.24) is 10.3 Å². The Bertz CT molecular complexity index is 626. The number of carboxylic acid groups (broad SMARTS) is 1. The molecule has 1 aromatic carbocycles. The topological polar surface area (TPSA) is 82.5 Å². The van der Waals surface area contributed by atoms with Gasteiger partial charge in [-0.1, -0.05) is 12.1 Å². The lowest BCUT2D eigenvalue weighted by atomic mass is 10.1. The molecule has 6 nitrogen and oxygen atoms in total. The van der Waals surface area contributed by atoms with Crippen LogP contribution in [0.1, 0.15) is 15.9 Å². The van der Waals surface area contributed by atoms with Gasteiger partial charge in [0, 0.05) is 37.2 Å². The van der Waals surface area contributed by atoms with Gasteiger partial charge in [-0.2, -0.15) is 0 Å². The van der Waals surface area contributed by atoms with Crippen molar-refractivity contribution in [2.75, 3.05) is 11.9 Å². The van der Waals surface area contributed by atoms with E-state index in [-0.39, 0.29) is 12.5 Å². The van der Waals surface area contributed by atoms with E-state index in [0.29, 0.717) is 5.56 Å². The average Bonchev–Trinajstić information content (AvgIpc) is 2.53. The van der Waals surface area contributed by atoms with Crippen LogP contribution >= 0.6 is 0 Å². The van der Waals surface area contributed by atoms with Crippen LogP contribution in [0.4, 0.5) is 10.5 Å². The van der Waals surface area contributed by atoms with Crippen molar-refractivity contribution < 1.29 is 14.7 Å². The van der Waals surface area contributed by atoms with Crippen LogP contribution in [0.2, 0.25) is 0 Å². The van der Waals surface area contributed by atoms with Crippen molar-refractivity contribution in [2.45, 2.75) is 6.54 Å². The van der Waals surface area contributed by atoms with Crippen LogP contribution in [-0.4, -0.2) is 29.1 Å². The van der Waals surface area contributed by atoms with Gasteiger partial charge in [-0.25, -0.2) is 4.79 Å². The first-order valence-corrected chi connectivity index (χ1v) is 6.32. The van der Waals surface area contributed by atoms with Gasteiger partial charge in [0.2, 0.25) is 0 Å². The molecule has 2 aromatic rings. The van der Waals surface area contributed by atoms with Crippen LogP contribution in [0.15, 0.2) is 48.8 Å². The summed E-state index contributed by atoms with van der Waals surface area (Å²) in [6, 6.07) is 10.3. The molecule has 0 radical (unpaired) electrons. The Morgan fingerprint density at radius 2 is 1.76 bits per heavy atom. The highest BCUT2D eigenvalue weighted by molar-refractivity contribution is 6.05. The van der Waals surface area contributed by atoms with E-state index in [0.717, 1.165) is 11.3 Å². The number of carbonyl (C=O) groups excluding carboxylic acids is 1. The summed E-state index contributed by atoms with van der Waals surface area (Å²) in [4.78, 5) is 28.2. The van der Waals surface area contributed by atoms with E-state index in [2.05, 4.69) is 10.3 Å². The standard InChI is InChI=1S/C15H15N3O3/c1-18(13-6-8-16-9-7-13)14(19)12-4-2-11(3-5-12)10-17-15(20)21/h2-9,17H,10H2,1H3,(H,20,21). The molecular formula is C15H15N3O3. The second-order valence-corrected chi connectivity index (χ2v) is 4.43. The molecule has 2 N–H and O–H groups in total. The number of benzene rings is 1. The summed E-state index contributed by atoms with van der Waals surface area (Å²) >= 11 is 0. The van der Waals surface area contributed by atoms with Gasteiger partial charge in [-0.05, 0) is 29.8 Å². The summed E-state index contributed by atoms with van der Waals surface area (Å²) < 4.78 is 0. The van der Waals surface area contributed by atoms with Gasteiger partial charge in [0.05, 0.1) is 0 Å². The number of anilines is 1. The second-order valence-electron chi connectivity index (χ2n) is 4.43. The van der Waals surface area contributed by atoms with E-state index < -0.39 is 6.09 Å². The molecule has 0 aliphatic rings. The van der Waals surface area contributed by atoms with E-state index in [1.165, 1.54) is 4.90 Å². The van der Waals surface area contributed by atoms with Gasteiger partial charge in [-0.15, -0.1) is 0 Å². The first-order valence-electron chi connectivity index (χ1n) is 6.32. The fourth-order valence-electron chi connectivity index (χ4n) is 1.82. The maximum absolute atomic E-state index is 12.3. The van der Waals surface area contributed by atoms with Crippen LogP contribution in [0.3, 0.4) is 0 Å². The van der Waals surface area contributed by atoms with E-state index in [1.807, 2.05) is 0 Å². The van der Waals surface area contributed by atoms with Crippen LogP contribution < -0.4 is 10.2 Å². The largest absolute Gasteiger partial charge is 0.465 e. The Labute approximate surface area is 122 Å². The molecule has 0 fully saturated rings. The van der Waals surface area contributed by atoms with Crippen molar-refractivity contribution in [2.24, 2.45) is 0 Å². The van der Waals surface area contributed by atoms with Gasteiger partial charge in [0.25, 0.3) is 5.91 Å². The smallest absolute Gasteiger partial charge is 0.404 e. The quantitative estimate of drug-likeness (QED) is 0.901. The number of hydrogen-bond acceptors (Lipinski definition) is 3. The minimum absolute atomic E-state index is 0.140. The van der Waals surface area contributed by atoms with E-state index in [1.54, 1.807) is 55.8 Å². The molecule has 0 aliphatic carbocycles. The fraction of sp³-hybridized carbons (Fsp3) is 0.133. The van der Waals surface area contributed by atoms with Crippen molar-refractivity contribution in [1.29, 1.82) is 0 Å². The van der Waals surface area contributed by atoms with Gasteiger partial charge < -0.3 is 15.3 Å². The number of rotatable bonds is 4. The molecule has 0 bridgehead atoms.